The van der Waals surface area contributed by atoms with Gasteiger partial charge in [-0.1, -0.05) is 11.6 Å². The van der Waals surface area contributed by atoms with Gasteiger partial charge in [-0.15, -0.1) is 0 Å². The number of hydrogen-bond acceptors (Lipinski definition) is 7. The van der Waals surface area contributed by atoms with Gasteiger partial charge in [0.25, 0.3) is 0 Å². The first-order chi connectivity index (χ1) is 16.2. The van der Waals surface area contributed by atoms with E-state index in [9.17, 15) is 9.90 Å². The van der Waals surface area contributed by atoms with Crippen molar-refractivity contribution in [2.45, 2.75) is 46.0 Å². The summed E-state index contributed by atoms with van der Waals surface area (Å²) in [5.41, 5.74) is 1.82. The maximum atomic E-state index is 12.9. The van der Waals surface area contributed by atoms with E-state index in [0.717, 1.165) is 24.2 Å². The molecule has 0 radical (unpaired) electrons. The lowest BCUT2D eigenvalue weighted by atomic mass is 10.1. The topological polar surface area (TPSA) is 81.4 Å². The molecule has 182 valence electrons. The van der Waals surface area contributed by atoms with Crippen LogP contribution in [0.4, 0.5) is 0 Å². The fourth-order valence-corrected chi connectivity index (χ4v) is 4.43. The van der Waals surface area contributed by atoms with E-state index in [1.807, 2.05) is 27.7 Å². The van der Waals surface area contributed by atoms with E-state index >= 15 is 0 Å². The Hall–Kier alpha value is -2.58. The Morgan fingerprint density at radius 3 is 2.47 bits per heavy atom. The standard InChI is InChI=1S/C26H30ClNO6/c1-15-7-21(8-16(2)25(15)27)34-24-14-32-23-9-20(5-6-22(23)26(24)30)31-13-19(29)12-28-10-17(3)33-18(4)11-28/h5-9,14,17-19,29H,10-13H2,1-4H3/t17-,18-,19-/m1/s1. The van der Waals surface area contributed by atoms with Crippen LogP contribution in [0.2, 0.25) is 5.02 Å². The van der Waals surface area contributed by atoms with Crippen molar-refractivity contribution in [2.75, 3.05) is 26.2 Å². The van der Waals surface area contributed by atoms with Crippen LogP contribution < -0.4 is 14.9 Å². The van der Waals surface area contributed by atoms with Gasteiger partial charge in [-0.05, 0) is 63.1 Å². The van der Waals surface area contributed by atoms with E-state index < -0.39 is 6.10 Å². The number of halogens is 1. The van der Waals surface area contributed by atoms with Crippen molar-refractivity contribution in [2.24, 2.45) is 0 Å². The molecule has 3 aromatic rings. The molecule has 0 bridgehead atoms. The van der Waals surface area contributed by atoms with E-state index in [0.29, 0.717) is 34.0 Å². The zero-order valence-electron chi connectivity index (χ0n) is 19.8. The van der Waals surface area contributed by atoms with Gasteiger partial charge in [-0.2, -0.15) is 0 Å². The fraction of sp³-hybridized carbons (Fsp3) is 0.423. The summed E-state index contributed by atoms with van der Waals surface area (Å²) in [5, 5.41) is 11.5. The predicted molar refractivity (Wildman–Crippen MR) is 131 cm³/mol. The smallest absolute Gasteiger partial charge is 0.235 e. The third-order valence-corrected chi connectivity index (χ3v) is 6.35. The number of ether oxygens (including phenoxy) is 3. The molecule has 1 saturated heterocycles. The van der Waals surface area contributed by atoms with Crippen molar-refractivity contribution >= 4 is 22.6 Å². The highest BCUT2D eigenvalue weighted by Crippen LogP contribution is 2.29. The van der Waals surface area contributed by atoms with Gasteiger partial charge in [0.1, 0.15) is 36.1 Å². The zero-order chi connectivity index (χ0) is 24.4. The van der Waals surface area contributed by atoms with E-state index in [1.54, 1.807) is 30.3 Å². The Bertz CT molecular complexity index is 1190. The van der Waals surface area contributed by atoms with Gasteiger partial charge in [-0.3, -0.25) is 9.69 Å². The summed E-state index contributed by atoms with van der Waals surface area (Å²) in [6.07, 6.45) is 0.926. The normalized spacial score (nSPS) is 19.8. The van der Waals surface area contributed by atoms with Gasteiger partial charge in [0.15, 0.2) is 0 Å². The number of aliphatic hydroxyl groups excluding tert-OH is 1. The minimum atomic E-state index is -0.651. The number of morpholine rings is 1. The molecule has 1 fully saturated rings. The Balaban J connectivity index is 1.42. The molecule has 1 aliphatic rings. The average molecular weight is 488 g/mol. The first-order valence-corrected chi connectivity index (χ1v) is 11.8. The quantitative estimate of drug-likeness (QED) is 0.517. The molecule has 2 heterocycles. The molecule has 0 saturated carbocycles. The lowest BCUT2D eigenvalue weighted by Gasteiger charge is -2.36. The molecule has 0 unspecified atom stereocenters. The summed E-state index contributed by atoms with van der Waals surface area (Å²) < 4.78 is 22.9. The number of benzene rings is 2. The molecular weight excluding hydrogens is 458 g/mol. The van der Waals surface area contributed by atoms with Crippen molar-refractivity contribution in [1.82, 2.24) is 4.90 Å². The molecule has 2 aromatic carbocycles. The van der Waals surface area contributed by atoms with Crippen LogP contribution >= 0.6 is 11.6 Å². The van der Waals surface area contributed by atoms with Crippen molar-refractivity contribution < 1.29 is 23.7 Å². The second-order valence-electron chi connectivity index (χ2n) is 9.00. The van der Waals surface area contributed by atoms with Crippen LogP contribution in [0.15, 0.2) is 45.8 Å². The summed E-state index contributed by atoms with van der Waals surface area (Å²) in [6.45, 7) is 10.0. The maximum absolute atomic E-state index is 12.9. The molecule has 0 spiro atoms. The van der Waals surface area contributed by atoms with E-state index in [2.05, 4.69) is 4.90 Å². The number of β-amino-alcohol motifs (C(OH)–C–C–N with tert-alkyl or cyclic N) is 1. The number of hydrogen-bond donors (Lipinski definition) is 1. The summed E-state index contributed by atoms with van der Waals surface area (Å²) in [7, 11) is 0. The molecular formula is C26H30ClNO6. The lowest BCUT2D eigenvalue weighted by Crippen LogP contribution is -2.48. The minimum Gasteiger partial charge on any atom is -0.491 e. The summed E-state index contributed by atoms with van der Waals surface area (Å²) >= 11 is 6.21. The van der Waals surface area contributed by atoms with Gasteiger partial charge in [0.2, 0.25) is 11.2 Å². The van der Waals surface area contributed by atoms with Crippen molar-refractivity contribution in [3.63, 3.8) is 0 Å². The first-order valence-electron chi connectivity index (χ1n) is 11.4. The van der Waals surface area contributed by atoms with Crippen molar-refractivity contribution in [3.8, 4) is 17.2 Å². The van der Waals surface area contributed by atoms with Gasteiger partial charge in [0.05, 0.1) is 17.6 Å². The van der Waals surface area contributed by atoms with E-state index in [1.165, 1.54) is 6.26 Å². The monoisotopic (exact) mass is 487 g/mol. The number of aliphatic hydroxyl groups is 1. The lowest BCUT2D eigenvalue weighted by molar-refractivity contribution is -0.0786. The Labute approximate surface area is 203 Å². The summed E-state index contributed by atoms with van der Waals surface area (Å²) in [5.74, 6) is 1.12. The van der Waals surface area contributed by atoms with Crippen LogP contribution in [0.3, 0.4) is 0 Å². The Morgan fingerprint density at radius 1 is 1.12 bits per heavy atom. The molecule has 34 heavy (non-hydrogen) atoms. The van der Waals surface area contributed by atoms with Gasteiger partial charge in [0, 0.05) is 30.7 Å². The van der Waals surface area contributed by atoms with Crippen LogP contribution in [-0.2, 0) is 4.74 Å². The van der Waals surface area contributed by atoms with Crippen LogP contribution in [-0.4, -0.2) is 54.6 Å². The highest BCUT2D eigenvalue weighted by molar-refractivity contribution is 6.32. The molecule has 4 rings (SSSR count). The second-order valence-corrected chi connectivity index (χ2v) is 9.38. The van der Waals surface area contributed by atoms with Crippen molar-refractivity contribution in [3.05, 3.63) is 63.0 Å². The molecule has 1 aliphatic heterocycles. The molecule has 3 atom stereocenters. The highest BCUT2D eigenvalue weighted by Gasteiger charge is 2.24. The molecule has 1 aromatic heterocycles. The molecule has 0 aliphatic carbocycles. The largest absolute Gasteiger partial charge is 0.491 e. The average Bonchev–Trinajstić information content (AvgIpc) is 2.77. The minimum absolute atomic E-state index is 0.0895. The van der Waals surface area contributed by atoms with E-state index in [-0.39, 0.29) is 30.0 Å². The molecule has 8 heteroatoms. The van der Waals surface area contributed by atoms with Crippen molar-refractivity contribution in [1.29, 1.82) is 0 Å². The van der Waals surface area contributed by atoms with Gasteiger partial charge < -0.3 is 23.7 Å². The summed E-state index contributed by atoms with van der Waals surface area (Å²) in [4.78, 5) is 15.1. The maximum Gasteiger partial charge on any atom is 0.235 e. The SMILES string of the molecule is Cc1cc(Oc2coc3cc(OC[C@H](O)CN4C[C@@H](C)O[C@H](C)C4)ccc3c2=O)cc(C)c1Cl. The molecule has 7 nitrogen and oxygen atoms in total. The predicted octanol–water partition coefficient (Wildman–Crippen LogP) is 4.70. The van der Waals surface area contributed by atoms with Gasteiger partial charge >= 0.3 is 0 Å². The summed E-state index contributed by atoms with van der Waals surface area (Å²) in [6, 6.07) is 8.52. The van der Waals surface area contributed by atoms with Gasteiger partial charge in [-0.25, -0.2) is 0 Å². The fourth-order valence-electron chi connectivity index (χ4n) is 4.32. The first kappa shape index (κ1) is 24.5. The number of aryl methyl sites for hydroxylation is 2. The third kappa shape index (κ3) is 5.73. The number of fused-ring (bicyclic) bond motifs is 1. The van der Waals surface area contributed by atoms with Crippen LogP contribution in [0.5, 0.6) is 17.2 Å². The molecule has 1 N–H and O–H groups in total. The highest BCUT2D eigenvalue weighted by atomic mass is 35.5. The van der Waals surface area contributed by atoms with E-state index in [4.69, 9.17) is 30.2 Å². The van der Waals surface area contributed by atoms with Crippen LogP contribution in [0.1, 0.15) is 25.0 Å². The number of rotatable bonds is 7. The van der Waals surface area contributed by atoms with Crippen LogP contribution in [0.25, 0.3) is 11.0 Å². The second kappa shape index (κ2) is 10.4. The Kier molecular flexibility index (Phi) is 7.48. The Morgan fingerprint density at radius 2 is 1.79 bits per heavy atom. The van der Waals surface area contributed by atoms with Crippen LogP contribution in [0, 0.1) is 13.8 Å². The number of nitrogens with zero attached hydrogens (tertiary/aromatic N) is 1. The third-order valence-electron chi connectivity index (χ3n) is 5.76. The molecule has 0 amide bonds. The zero-order valence-corrected chi connectivity index (χ0v) is 20.6.